The molecule has 1 atom stereocenters. The zero-order valence-electron chi connectivity index (χ0n) is 16.3. The Morgan fingerprint density at radius 2 is 1.81 bits per heavy atom. The van der Waals surface area contributed by atoms with E-state index in [1.165, 1.54) is 6.42 Å². The molecule has 1 fully saturated rings. The maximum Gasteiger partial charge on any atom is 0.325 e. The summed E-state index contributed by atoms with van der Waals surface area (Å²) in [6.45, 7) is 3.62. The Morgan fingerprint density at radius 1 is 1.15 bits per heavy atom. The quantitative estimate of drug-likeness (QED) is 0.359. The molecule has 0 aromatic heterocycles. The van der Waals surface area contributed by atoms with Crippen molar-refractivity contribution in [2.75, 3.05) is 18.1 Å². The van der Waals surface area contributed by atoms with Crippen molar-refractivity contribution in [1.82, 2.24) is 10.2 Å². The molecule has 27 heavy (non-hydrogen) atoms. The Labute approximate surface area is 165 Å². The number of unbranched alkanes of at least 4 members (excludes halogenated alkanes) is 4. The maximum atomic E-state index is 12.7. The van der Waals surface area contributed by atoms with Crippen LogP contribution in [0.25, 0.3) is 0 Å². The van der Waals surface area contributed by atoms with Gasteiger partial charge < -0.3 is 10.6 Å². The molecule has 4 amide bonds. The van der Waals surface area contributed by atoms with Crippen LogP contribution >= 0.6 is 11.8 Å². The second-order valence-electron chi connectivity index (χ2n) is 7.09. The first-order valence-corrected chi connectivity index (χ1v) is 10.7. The molecule has 1 heterocycles. The lowest BCUT2D eigenvalue weighted by molar-refractivity contribution is -0.133. The molecule has 0 radical (unpaired) electrons. The number of thioether (sulfide) groups is 1. The molecular formula is C20H29N3O3S. The van der Waals surface area contributed by atoms with Gasteiger partial charge in [-0.1, -0.05) is 39.0 Å². The lowest BCUT2D eigenvalue weighted by Crippen LogP contribution is -2.44. The van der Waals surface area contributed by atoms with Gasteiger partial charge in [-0.15, -0.1) is 11.8 Å². The van der Waals surface area contributed by atoms with Crippen LogP contribution in [0, 0.1) is 0 Å². The number of nitrogens with zero attached hydrogens (tertiary/aromatic N) is 1. The summed E-state index contributed by atoms with van der Waals surface area (Å²) >= 11 is 1.61. The lowest BCUT2D eigenvalue weighted by atomic mass is 9.94. The van der Waals surface area contributed by atoms with Gasteiger partial charge in [-0.05, 0) is 43.9 Å². The van der Waals surface area contributed by atoms with Crippen LogP contribution in [-0.2, 0) is 9.59 Å². The third-order valence-electron chi connectivity index (χ3n) is 4.80. The molecule has 0 saturated carbocycles. The van der Waals surface area contributed by atoms with E-state index in [9.17, 15) is 14.4 Å². The molecule has 1 aromatic carbocycles. The number of carbonyl (C=O) groups excluding carboxylic acids is 3. The summed E-state index contributed by atoms with van der Waals surface area (Å²) in [6, 6.07) is 6.92. The highest BCUT2D eigenvalue weighted by atomic mass is 32.2. The van der Waals surface area contributed by atoms with E-state index in [-0.39, 0.29) is 18.4 Å². The van der Waals surface area contributed by atoms with Crippen LogP contribution in [0.15, 0.2) is 29.2 Å². The summed E-state index contributed by atoms with van der Waals surface area (Å²) in [5, 5.41) is 5.49. The summed E-state index contributed by atoms with van der Waals surface area (Å²) in [5.41, 5.74) is -0.271. The third-order valence-corrected chi connectivity index (χ3v) is 5.54. The van der Waals surface area contributed by atoms with Crippen molar-refractivity contribution in [2.24, 2.45) is 0 Å². The topological polar surface area (TPSA) is 78.5 Å². The molecule has 148 valence electrons. The highest BCUT2D eigenvalue weighted by Crippen LogP contribution is 2.24. The van der Waals surface area contributed by atoms with E-state index in [0.717, 1.165) is 35.5 Å². The Morgan fingerprint density at radius 3 is 2.44 bits per heavy atom. The van der Waals surface area contributed by atoms with Crippen molar-refractivity contribution >= 4 is 35.3 Å². The van der Waals surface area contributed by atoms with Crippen molar-refractivity contribution in [3.8, 4) is 0 Å². The molecule has 1 unspecified atom stereocenters. The fraction of sp³-hybridized carbons (Fsp3) is 0.550. The molecule has 1 saturated heterocycles. The second-order valence-corrected chi connectivity index (χ2v) is 7.97. The number of rotatable bonds is 10. The zero-order valence-corrected chi connectivity index (χ0v) is 17.2. The van der Waals surface area contributed by atoms with E-state index in [0.29, 0.717) is 12.1 Å². The normalized spacial score (nSPS) is 19.3. The minimum Gasteiger partial charge on any atom is -0.325 e. The van der Waals surface area contributed by atoms with Gasteiger partial charge in [0.15, 0.2) is 0 Å². The van der Waals surface area contributed by atoms with Crippen molar-refractivity contribution in [3.05, 3.63) is 24.3 Å². The van der Waals surface area contributed by atoms with E-state index >= 15 is 0 Å². The SMILES string of the molecule is CCCCCCCC1(C)NC(=O)N(CC(=O)Nc2ccc(SC)cc2)C1=O. The van der Waals surface area contributed by atoms with Gasteiger partial charge in [-0.25, -0.2) is 4.79 Å². The van der Waals surface area contributed by atoms with Gasteiger partial charge in [0.25, 0.3) is 5.91 Å². The first kappa shape index (κ1) is 21.3. The fourth-order valence-electron chi connectivity index (χ4n) is 3.16. The number of nitrogens with one attached hydrogen (secondary N) is 2. The van der Waals surface area contributed by atoms with Gasteiger partial charge >= 0.3 is 6.03 Å². The summed E-state index contributed by atoms with van der Waals surface area (Å²) < 4.78 is 0. The summed E-state index contributed by atoms with van der Waals surface area (Å²) in [7, 11) is 0. The molecule has 1 aromatic rings. The Kier molecular flexibility index (Phi) is 7.71. The van der Waals surface area contributed by atoms with E-state index in [4.69, 9.17) is 0 Å². The van der Waals surface area contributed by atoms with Crippen molar-refractivity contribution in [2.45, 2.75) is 62.8 Å². The Bertz CT molecular complexity index is 678. The zero-order chi connectivity index (χ0) is 19.9. The number of amides is 4. The predicted octanol–water partition coefficient (Wildman–Crippen LogP) is 4.02. The monoisotopic (exact) mass is 391 g/mol. The molecule has 1 aliphatic rings. The average molecular weight is 392 g/mol. The van der Waals surface area contributed by atoms with Crippen LogP contribution in [0.4, 0.5) is 10.5 Å². The highest BCUT2D eigenvalue weighted by Gasteiger charge is 2.47. The Balaban J connectivity index is 1.88. The largest absolute Gasteiger partial charge is 0.325 e. The predicted molar refractivity (Wildman–Crippen MR) is 109 cm³/mol. The molecule has 7 heteroatoms. The number of carbonyl (C=O) groups is 3. The van der Waals surface area contributed by atoms with Crippen molar-refractivity contribution in [3.63, 3.8) is 0 Å². The molecule has 0 spiro atoms. The van der Waals surface area contributed by atoms with Crippen LogP contribution < -0.4 is 10.6 Å². The van der Waals surface area contributed by atoms with Crippen molar-refractivity contribution < 1.29 is 14.4 Å². The van der Waals surface area contributed by atoms with Gasteiger partial charge in [0.2, 0.25) is 5.91 Å². The molecular weight excluding hydrogens is 362 g/mol. The number of benzene rings is 1. The summed E-state index contributed by atoms with van der Waals surface area (Å²) in [4.78, 5) is 39.3. The van der Waals surface area contributed by atoms with Crippen LogP contribution in [0.1, 0.15) is 52.4 Å². The molecule has 0 bridgehead atoms. The number of anilines is 1. The first-order valence-electron chi connectivity index (χ1n) is 9.47. The van der Waals surface area contributed by atoms with Gasteiger partial charge in [-0.3, -0.25) is 14.5 Å². The lowest BCUT2D eigenvalue weighted by Gasteiger charge is -2.21. The smallest absolute Gasteiger partial charge is 0.325 e. The summed E-state index contributed by atoms with van der Waals surface area (Å²) in [6.07, 6.45) is 7.97. The number of hydrogen-bond donors (Lipinski definition) is 2. The highest BCUT2D eigenvalue weighted by molar-refractivity contribution is 7.98. The van der Waals surface area contributed by atoms with Crippen LogP contribution in [-0.4, -0.2) is 41.1 Å². The van der Waals surface area contributed by atoms with Crippen molar-refractivity contribution in [1.29, 1.82) is 0 Å². The van der Waals surface area contributed by atoms with E-state index in [1.807, 2.05) is 18.4 Å². The number of urea groups is 1. The third kappa shape index (κ3) is 5.73. The van der Waals surface area contributed by atoms with E-state index < -0.39 is 11.6 Å². The number of hydrogen-bond acceptors (Lipinski definition) is 4. The Hall–Kier alpha value is -2.02. The van der Waals surface area contributed by atoms with Crippen LogP contribution in [0.5, 0.6) is 0 Å². The van der Waals surface area contributed by atoms with Gasteiger partial charge in [0, 0.05) is 10.6 Å². The fourth-order valence-corrected chi connectivity index (χ4v) is 3.57. The van der Waals surface area contributed by atoms with Gasteiger partial charge in [-0.2, -0.15) is 0 Å². The van der Waals surface area contributed by atoms with E-state index in [2.05, 4.69) is 17.6 Å². The molecule has 0 aliphatic carbocycles. The number of imide groups is 1. The average Bonchev–Trinajstić information content (AvgIpc) is 2.85. The first-order chi connectivity index (χ1) is 12.9. The minimum atomic E-state index is -0.913. The summed E-state index contributed by atoms with van der Waals surface area (Å²) in [5.74, 6) is -0.710. The maximum absolute atomic E-state index is 12.7. The molecule has 1 aliphatic heterocycles. The van der Waals surface area contributed by atoms with E-state index in [1.54, 1.807) is 30.8 Å². The van der Waals surface area contributed by atoms with Gasteiger partial charge in [0.05, 0.1) is 0 Å². The second kappa shape index (κ2) is 9.78. The minimum absolute atomic E-state index is 0.277. The molecule has 2 rings (SSSR count). The van der Waals surface area contributed by atoms with Crippen LogP contribution in [0.3, 0.4) is 0 Å². The molecule has 2 N–H and O–H groups in total. The van der Waals surface area contributed by atoms with Crippen LogP contribution in [0.2, 0.25) is 0 Å². The standard InChI is InChI=1S/C20H29N3O3S/c1-4-5-6-7-8-13-20(2)18(25)23(19(26)22-20)14-17(24)21-15-9-11-16(27-3)12-10-15/h9-12H,4-8,13-14H2,1-3H3,(H,21,24)(H,22,26). The van der Waals surface area contributed by atoms with Gasteiger partial charge in [0.1, 0.15) is 12.1 Å². The molecule has 6 nitrogen and oxygen atoms in total.